The fraction of sp³-hybridized carbons (Fsp3) is 0.471. The zero-order valence-electron chi connectivity index (χ0n) is 13.0. The zero-order chi connectivity index (χ0) is 16.6. The maximum Gasteiger partial charge on any atom is 0.261 e. The van der Waals surface area contributed by atoms with E-state index in [1.807, 2.05) is 4.90 Å². The molecule has 0 aliphatic carbocycles. The predicted octanol–water partition coefficient (Wildman–Crippen LogP) is 2.58. The number of likely N-dealkylation sites (tertiary alicyclic amines) is 1. The van der Waals surface area contributed by atoms with Gasteiger partial charge >= 0.3 is 0 Å². The second kappa shape index (κ2) is 6.32. The van der Waals surface area contributed by atoms with Crippen molar-refractivity contribution in [3.63, 3.8) is 0 Å². The summed E-state index contributed by atoms with van der Waals surface area (Å²) < 4.78 is 0. The molecule has 23 heavy (non-hydrogen) atoms. The zero-order valence-corrected chi connectivity index (χ0v) is 13.8. The summed E-state index contributed by atoms with van der Waals surface area (Å²) in [5.74, 6) is -0.0548. The molecule has 2 heterocycles. The summed E-state index contributed by atoms with van der Waals surface area (Å²) in [6.45, 7) is 3.83. The fourth-order valence-corrected chi connectivity index (χ4v) is 3.26. The molecule has 0 radical (unpaired) electrons. The Labute approximate surface area is 140 Å². The normalized spacial score (nSPS) is 18.5. The number of piperidine rings is 1. The molecule has 0 spiro atoms. The summed E-state index contributed by atoms with van der Waals surface area (Å²) >= 11 is 5.88. The third-order valence-corrected chi connectivity index (χ3v) is 4.85. The van der Waals surface area contributed by atoms with E-state index in [1.54, 1.807) is 12.1 Å². The molecule has 3 amide bonds. The molecule has 1 fully saturated rings. The van der Waals surface area contributed by atoms with Gasteiger partial charge in [0, 0.05) is 31.1 Å². The number of nitrogens with zero attached hydrogens (tertiary/aromatic N) is 2. The SMILES string of the molecule is CC1CCN(C(=O)CCN2C(=O)c3ccc(Cl)cc3C2=O)CC1. The first-order chi connectivity index (χ1) is 11.0. The van der Waals surface area contributed by atoms with Gasteiger partial charge in [-0.1, -0.05) is 18.5 Å². The summed E-state index contributed by atoms with van der Waals surface area (Å²) in [5.41, 5.74) is 0.681. The van der Waals surface area contributed by atoms with Crippen molar-refractivity contribution in [1.82, 2.24) is 9.80 Å². The van der Waals surface area contributed by atoms with Crippen molar-refractivity contribution >= 4 is 29.3 Å². The van der Waals surface area contributed by atoms with Gasteiger partial charge < -0.3 is 4.90 Å². The molecule has 5 nitrogen and oxygen atoms in total. The summed E-state index contributed by atoms with van der Waals surface area (Å²) in [7, 11) is 0. The van der Waals surface area contributed by atoms with E-state index in [0.29, 0.717) is 22.1 Å². The molecule has 0 saturated carbocycles. The second-order valence-corrected chi connectivity index (χ2v) is 6.70. The van der Waals surface area contributed by atoms with Gasteiger partial charge in [0.05, 0.1) is 11.1 Å². The van der Waals surface area contributed by atoms with E-state index in [2.05, 4.69) is 6.92 Å². The number of carbonyl (C=O) groups excluding carboxylic acids is 3. The Bertz CT molecular complexity index is 666. The lowest BCUT2D eigenvalue weighted by Crippen LogP contribution is -2.40. The number of carbonyl (C=O) groups is 3. The standard InChI is InChI=1S/C17H19ClN2O3/c1-11-4-7-19(8-5-11)15(21)6-9-20-16(22)13-3-2-12(18)10-14(13)17(20)23/h2-3,10-11H,4-9H2,1H3. The van der Waals surface area contributed by atoms with Crippen molar-refractivity contribution in [3.8, 4) is 0 Å². The molecule has 0 unspecified atom stereocenters. The molecule has 1 aromatic carbocycles. The molecule has 1 aromatic rings. The van der Waals surface area contributed by atoms with Gasteiger partial charge in [0.25, 0.3) is 11.8 Å². The second-order valence-electron chi connectivity index (χ2n) is 6.27. The Balaban J connectivity index is 1.62. The van der Waals surface area contributed by atoms with Crippen LogP contribution in [0, 0.1) is 5.92 Å². The first-order valence-corrected chi connectivity index (χ1v) is 8.28. The van der Waals surface area contributed by atoms with Crippen LogP contribution in [0.2, 0.25) is 5.02 Å². The Morgan fingerprint density at radius 1 is 1.17 bits per heavy atom. The molecule has 2 aliphatic rings. The molecular weight excluding hydrogens is 316 g/mol. The molecule has 0 atom stereocenters. The van der Waals surface area contributed by atoms with Crippen molar-refractivity contribution in [2.75, 3.05) is 19.6 Å². The number of hydrogen-bond acceptors (Lipinski definition) is 3. The molecule has 0 aromatic heterocycles. The Morgan fingerprint density at radius 2 is 1.83 bits per heavy atom. The van der Waals surface area contributed by atoms with Crippen LogP contribution in [0.4, 0.5) is 0 Å². The van der Waals surface area contributed by atoms with Crippen LogP contribution in [0.15, 0.2) is 18.2 Å². The summed E-state index contributed by atoms with van der Waals surface area (Å²) in [5, 5.41) is 0.422. The van der Waals surface area contributed by atoms with Gasteiger partial charge in [0.15, 0.2) is 0 Å². The van der Waals surface area contributed by atoms with Gasteiger partial charge in [-0.2, -0.15) is 0 Å². The number of hydrogen-bond donors (Lipinski definition) is 0. The van der Waals surface area contributed by atoms with Crippen LogP contribution in [0.1, 0.15) is 46.9 Å². The Kier molecular flexibility index (Phi) is 4.39. The predicted molar refractivity (Wildman–Crippen MR) is 86.4 cm³/mol. The minimum Gasteiger partial charge on any atom is -0.343 e. The average molecular weight is 335 g/mol. The number of halogens is 1. The maximum absolute atomic E-state index is 12.3. The Hall–Kier alpha value is -1.88. The molecule has 3 rings (SSSR count). The van der Waals surface area contributed by atoms with E-state index >= 15 is 0 Å². The van der Waals surface area contributed by atoms with E-state index in [-0.39, 0.29) is 30.7 Å². The van der Waals surface area contributed by atoms with E-state index in [1.165, 1.54) is 6.07 Å². The van der Waals surface area contributed by atoms with Crippen LogP contribution in [-0.4, -0.2) is 47.2 Å². The van der Waals surface area contributed by atoms with Crippen LogP contribution in [-0.2, 0) is 4.79 Å². The smallest absolute Gasteiger partial charge is 0.261 e. The largest absolute Gasteiger partial charge is 0.343 e. The lowest BCUT2D eigenvalue weighted by Gasteiger charge is -2.30. The number of amides is 3. The van der Waals surface area contributed by atoms with Gasteiger partial charge in [-0.05, 0) is 37.0 Å². The van der Waals surface area contributed by atoms with Crippen molar-refractivity contribution in [3.05, 3.63) is 34.3 Å². The third kappa shape index (κ3) is 3.11. The number of benzene rings is 1. The highest BCUT2D eigenvalue weighted by molar-refractivity contribution is 6.32. The van der Waals surface area contributed by atoms with Gasteiger partial charge in [-0.15, -0.1) is 0 Å². The summed E-state index contributed by atoms with van der Waals surface area (Å²) in [6.07, 6.45) is 2.20. The highest BCUT2D eigenvalue weighted by Crippen LogP contribution is 2.26. The van der Waals surface area contributed by atoms with Crippen molar-refractivity contribution in [1.29, 1.82) is 0 Å². The topological polar surface area (TPSA) is 57.7 Å². The number of fused-ring (bicyclic) bond motifs is 1. The van der Waals surface area contributed by atoms with Crippen molar-refractivity contribution in [2.24, 2.45) is 5.92 Å². The van der Waals surface area contributed by atoms with Crippen LogP contribution >= 0.6 is 11.6 Å². The lowest BCUT2D eigenvalue weighted by molar-refractivity contribution is -0.132. The minimum atomic E-state index is -0.368. The van der Waals surface area contributed by atoms with E-state index in [9.17, 15) is 14.4 Å². The number of rotatable bonds is 3. The van der Waals surface area contributed by atoms with Crippen LogP contribution < -0.4 is 0 Å². The molecule has 6 heteroatoms. The highest BCUT2D eigenvalue weighted by Gasteiger charge is 2.35. The highest BCUT2D eigenvalue weighted by atomic mass is 35.5. The molecule has 0 N–H and O–H groups in total. The molecule has 122 valence electrons. The molecule has 1 saturated heterocycles. The molecule has 0 bridgehead atoms. The summed E-state index contributed by atoms with van der Waals surface area (Å²) in [6, 6.07) is 4.66. The fourth-order valence-electron chi connectivity index (χ4n) is 3.09. The van der Waals surface area contributed by atoms with Gasteiger partial charge in [0.2, 0.25) is 5.91 Å². The Morgan fingerprint density at radius 3 is 2.52 bits per heavy atom. The van der Waals surface area contributed by atoms with E-state index in [4.69, 9.17) is 11.6 Å². The van der Waals surface area contributed by atoms with Gasteiger partial charge in [-0.25, -0.2) is 0 Å². The van der Waals surface area contributed by atoms with Gasteiger partial charge in [0.1, 0.15) is 0 Å². The monoisotopic (exact) mass is 334 g/mol. The lowest BCUT2D eigenvalue weighted by atomic mass is 9.99. The maximum atomic E-state index is 12.3. The van der Waals surface area contributed by atoms with Gasteiger partial charge in [-0.3, -0.25) is 19.3 Å². The first-order valence-electron chi connectivity index (χ1n) is 7.91. The molecule has 2 aliphatic heterocycles. The van der Waals surface area contributed by atoms with Crippen molar-refractivity contribution in [2.45, 2.75) is 26.2 Å². The summed E-state index contributed by atoms with van der Waals surface area (Å²) in [4.78, 5) is 39.8. The average Bonchev–Trinajstić information content (AvgIpc) is 2.77. The third-order valence-electron chi connectivity index (χ3n) is 4.62. The van der Waals surface area contributed by atoms with E-state index in [0.717, 1.165) is 30.8 Å². The minimum absolute atomic E-state index is 0.00601. The number of imide groups is 1. The molecular formula is C17H19ClN2O3. The quantitative estimate of drug-likeness (QED) is 0.798. The van der Waals surface area contributed by atoms with E-state index < -0.39 is 0 Å². The first kappa shape index (κ1) is 16.0. The van der Waals surface area contributed by atoms with Crippen molar-refractivity contribution < 1.29 is 14.4 Å². The van der Waals surface area contributed by atoms with Crippen LogP contribution in [0.5, 0.6) is 0 Å². The van der Waals surface area contributed by atoms with Crippen LogP contribution in [0.25, 0.3) is 0 Å². The van der Waals surface area contributed by atoms with Crippen LogP contribution in [0.3, 0.4) is 0 Å².